The van der Waals surface area contributed by atoms with Gasteiger partial charge in [0, 0.05) is 21.7 Å². The molecule has 0 saturated heterocycles. The zero-order valence-corrected chi connectivity index (χ0v) is 15.0. The Morgan fingerprint density at radius 3 is 2.04 bits per heavy atom. The number of Topliss-reactive ketones (excluding diaryl/α,β-unsaturated/α-hetero) is 2. The molecule has 0 spiro atoms. The van der Waals surface area contributed by atoms with Crippen LogP contribution >= 0.6 is 11.6 Å². The fraction of sp³-hybridized carbons (Fsp3) is 0.273. The van der Waals surface area contributed by atoms with Crippen LogP contribution < -0.4 is 0 Å². The Balaban J connectivity index is 1.61. The molecule has 132 valence electrons. The van der Waals surface area contributed by atoms with Crippen LogP contribution in [0.2, 0.25) is 5.02 Å². The van der Waals surface area contributed by atoms with E-state index in [9.17, 15) is 14.7 Å². The molecule has 0 amide bonds. The summed E-state index contributed by atoms with van der Waals surface area (Å²) in [5.74, 6) is -0.821. The lowest BCUT2D eigenvalue weighted by Gasteiger charge is -2.32. The summed E-state index contributed by atoms with van der Waals surface area (Å²) in [6.07, 6.45) is 3.29. The molecule has 1 fully saturated rings. The van der Waals surface area contributed by atoms with Crippen LogP contribution in [0.5, 0.6) is 0 Å². The maximum atomic E-state index is 12.6. The molecule has 26 heavy (non-hydrogen) atoms. The van der Waals surface area contributed by atoms with E-state index in [0.29, 0.717) is 22.6 Å². The molecule has 0 radical (unpaired) electrons. The molecule has 0 heterocycles. The van der Waals surface area contributed by atoms with Gasteiger partial charge in [-0.1, -0.05) is 54.1 Å². The smallest absolute Gasteiger partial charge is 0.234 e. The van der Waals surface area contributed by atoms with E-state index in [4.69, 9.17) is 11.6 Å². The number of hydrogen-bond acceptors (Lipinski definition) is 3. The van der Waals surface area contributed by atoms with Crippen molar-refractivity contribution in [3.05, 3.63) is 75.8 Å². The van der Waals surface area contributed by atoms with E-state index in [1.165, 1.54) is 0 Å². The van der Waals surface area contributed by atoms with Crippen LogP contribution in [0, 0.1) is 5.92 Å². The van der Waals surface area contributed by atoms with Gasteiger partial charge in [-0.25, -0.2) is 0 Å². The van der Waals surface area contributed by atoms with Gasteiger partial charge in [0.2, 0.25) is 11.6 Å². The quantitative estimate of drug-likeness (QED) is 0.729. The van der Waals surface area contributed by atoms with Gasteiger partial charge in [-0.05, 0) is 49.1 Å². The Labute approximate surface area is 157 Å². The van der Waals surface area contributed by atoms with Gasteiger partial charge in [0.1, 0.15) is 5.76 Å². The number of carbonyl (C=O) groups is 2. The van der Waals surface area contributed by atoms with E-state index in [0.717, 1.165) is 36.3 Å². The molecule has 1 saturated carbocycles. The van der Waals surface area contributed by atoms with Gasteiger partial charge in [0.15, 0.2) is 0 Å². The first-order valence-corrected chi connectivity index (χ1v) is 9.31. The molecule has 4 rings (SSSR count). The Bertz CT molecular complexity index is 920. The Morgan fingerprint density at radius 2 is 1.35 bits per heavy atom. The lowest BCUT2D eigenvalue weighted by molar-refractivity contribution is -0.112. The van der Waals surface area contributed by atoms with Gasteiger partial charge in [-0.15, -0.1) is 0 Å². The van der Waals surface area contributed by atoms with Crippen LogP contribution in [-0.4, -0.2) is 16.7 Å². The lowest BCUT2D eigenvalue weighted by atomic mass is 9.72. The number of benzene rings is 2. The van der Waals surface area contributed by atoms with E-state index < -0.39 is 11.6 Å². The minimum Gasteiger partial charge on any atom is -0.507 e. The average molecular weight is 367 g/mol. The van der Waals surface area contributed by atoms with Crippen molar-refractivity contribution in [3.63, 3.8) is 0 Å². The average Bonchev–Trinajstić information content (AvgIpc) is 2.67. The van der Waals surface area contributed by atoms with Crippen molar-refractivity contribution in [1.29, 1.82) is 0 Å². The zero-order chi connectivity index (χ0) is 18.3. The number of fused-ring (bicyclic) bond motifs is 1. The summed E-state index contributed by atoms with van der Waals surface area (Å²) in [4.78, 5) is 25.0. The highest BCUT2D eigenvalue weighted by Crippen LogP contribution is 2.43. The molecule has 2 aliphatic carbocycles. The molecule has 0 atom stereocenters. The van der Waals surface area contributed by atoms with Crippen molar-refractivity contribution < 1.29 is 14.7 Å². The van der Waals surface area contributed by atoms with E-state index in [1.807, 2.05) is 18.2 Å². The van der Waals surface area contributed by atoms with Crippen molar-refractivity contribution in [2.75, 3.05) is 0 Å². The number of hydrogen-bond donors (Lipinski definition) is 1. The summed E-state index contributed by atoms with van der Waals surface area (Å²) in [5.41, 5.74) is 2.21. The zero-order valence-electron chi connectivity index (χ0n) is 14.2. The molecule has 2 aromatic rings. The van der Waals surface area contributed by atoms with Gasteiger partial charge in [0.25, 0.3) is 0 Å². The SMILES string of the molecule is O=C1C(=O)c2ccccc2C(O)=C1C1CCC(c2ccccc2Cl)CC1. The van der Waals surface area contributed by atoms with Crippen LogP contribution in [0.15, 0.2) is 54.1 Å². The Kier molecular flexibility index (Phi) is 4.41. The molecular weight excluding hydrogens is 348 g/mol. The second-order valence-corrected chi connectivity index (χ2v) is 7.44. The van der Waals surface area contributed by atoms with Gasteiger partial charge >= 0.3 is 0 Å². The van der Waals surface area contributed by atoms with Crippen molar-refractivity contribution in [3.8, 4) is 0 Å². The number of aliphatic hydroxyl groups excluding tert-OH is 1. The Hall–Kier alpha value is -2.39. The summed E-state index contributed by atoms with van der Waals surface area (Å²) in [7, 11) is 0. The van der Waals surface area contributed by atoms with Crippen LogP contribution in [0.25, 0.3) is 5.76 Å². The van der Waals surface area contributed by atoms with Crippen LogP contribution in [0.3, 0.4) is 0 Å². The number of aliphatic hydroxyl groups is 1. The number of rotatable bonds is 2. The number of allylic oxidation sites excluding steroid dienone is 1. The number of ketones is 2. The monoisotopic (exact) mass is 366 g/mol. The minimum absolute atomic E-state index is 0.0219. The second-order valence-electron chi connectivity index (χ2n) is 7.04. The third-order valence-corrected chi connectivity index (χ3v) is 5.96. The topological polar surface area (TPSA) is 54.4 Å². The first kappa shape index (κ1) is 17.0. The molecule has 4 heteroatoms. The molecule has 3 nitrogen and oxygen atoms in total. The molecule has 0 aromatic heterocycles. The molecule has 0 unspecified atom stereocenters. The van der Waals surface area contributed by atoms with Crippen molar-refractivity contribution in [2.45, 2.75) is 31.6 Å². The maximum Gasteiger partial charge on any atom is 0.234 e. The maximum absolute atomic E-state index is 12.6. The van der Waals surface area contributed by atoms with Gasteiger partial charge < -0.3 is 5.11 Å². The summed E-state index contributed by atoms with van der Waals surface area (Å²) >= 11 is 6.32. The van der Waals surface area contributed by atoms with Gasteiger partial charge in [0.05, 0.1) is 0 Å². The molecule has 0 bridgehead atoms. The normalized spacial score (nSPS) is 23.1. The molecule has 2 aliphatic rings. The van der Waals surface area contributed by atoms with E-state index in [2.05, 4.69) is 6.07 Å². The fourth-order valence-electron chi connectivity index (χ4n) is 4.26. The lowest BCUT2D eigenvalue weighted by Crippen LogP contribution is -2.29. The highest BCUT2D eigenvalue weighted by molar-refractivity contribution is 6.52. The van der Waals surface area contributed by atoms with Crippen molar-refractivity contribution >= 4 is 28.9 Å². The summed E-state index contributed by atoms with van der Waals surface area (Å²) < 4.78 is 0. The molecule has 0 aliphatic heterocycles. The van der Waals surface area contributed by atoms with Crippen molar-refractivity contribution in [1.82, 2.24) is 0 Å². The molecule has 1 N–H and O–H groups in total. The van der Waals surface area contributed by atoms with Gasteiger partial charge in [-0.3, -0.25) is 9.59 Å². The summed E-state index contributed by atoms with van der Waals surface area (Å²) in [5, 5.41) is 11.4. The molecule has 2 aromatic carbocycles. The second kappa shape index (κ2) is 6.73. The number of halogens is 1. The highest BCUT2D eigenvalue weighted by atomic mass is 35.5. The van der Waals surface area contributed by atoms with E-state index in [1.54, 1.807) is 24.3 Å². The van der Waals surface area contributed by atoms with Crippen LogP contribution in [0.4, 0.5) is 0 Å². The fourth-order valence-corrected chi connectivity index (χ4v) is 4.55. The first-order chi connectivity index (χ1) is 12.6. The van der Waals surface area contributed by atoms with Crippen molar-refractivity contribution in [2.24, 2.45) is 5.92 Å². The van der Waals surface area contributed by atoms with Crippen LogP contribution in [0.1, 0.15) is 53.1 Å². The van der Waals surface area contributed by atoms with Crippen LogP contribution in [-0.2, 0) is 4.79 Å². The standard InChI is InChI=1S/C22H19ClO3/c23-18-8-4-3-5-15(18)13-9-11-14(12-10-13)19-20(24)16-6-1-2-7-17(16)21(25)22(19)26/h1-8,13-14,24H,9-12H2. The Morgan fingerprint density at radius 1 is 0.769 bits per heavy atom. The van der Waals surface area contributed by atoms with Gasteiger partial charge in [-0.2, -0.15) is 0 Å². The predicted molar refractivity (Wildman–Crippen MR) is 101 cm³/mol. The largest absolute Gasteiger partial charge is 0.507 e. The van der Waals surface area contributed by atoms with E-state index in [-0.39, 0.29) is 11.7 Å². The third-order valence-electron chi connectivity index (χ3n) is 5.61. The highest BCUT2D eigenvalue weighted by Gasteiger charge is 2.38. The van der Waals surface area contributed by atoms with E-state index >= 15 is 0 Å². The summed E-state index contributed by atoms with van der Waals surface area (Å²) in [6.45, 7) is 0. The molecular formula is C22H19ClO3. The summed E-state index contributed by atoms with van der Waals surface area (Å²) in [6, 6.07) is 14.6. The number of carbonyl (C=O) groups excluding carboxylic acids is 2. The predicted octanol–water partition coefficient (Wildman–Crippen LogP) is 5.35. The third kappa shape index (κ3) is 2.77. The first-order valence-electron chi connectivity index (χ1n) is 8.94. The minimum atomic E-state index is -0.553.